The van der Waals surface area contributed by atoms with E-state index in [1.165, 1.54) is 27.9 Å². The lowest BCUT2D eigenvalue weighted by atomic mass is 9.94. The highest BCUT2D eigenvalue weighted by Gasteiger charge is 2.56. The molecule has 5 heterocycles. The van der Waals surface area contributed by atoms with Crippen LogP contribution >= 0.6 is 0 Å². The minimum Gasteiger partial charge on any atom is -0.394 e. The van der Waals surface area contributed by atoms with Crippen molar-refractivity contribution in [3.63, 3.8) is 0 Å². The third-order valence-electron chi connectivity index (χ3n) is 10.8. The Balaban J connectivity index is 1.37. The summed E-state index contributed by atoms with van der Waals surface area (Å²) < 4.78 is 57.4. The van der Waals surface area contributed by atoms with Gasteiger partial charge in [0.2, 0.25) is 5.91 Å². The second kappa shape index (κ2) is 19.5. The molecule has 0 aliphatic carbocycles. The number of aliphatic hydroxyl groups excluding tert-OH is 12. The highest BCUT2D eigenvalue weighted by molar-refractivity contribution is 5.73. The number of nitrogens with one attached hydrogen (secondary N) is 1. The highest BCUT2D eigenvalue weighted by atomic mass is 16.8. The van der Waals surface area contributed by atoms with Gasteiger partial charge in [-0.2, -0.15) is 0 Å². The summed E-state index contributed by atoms with van der Waals surface area (Å²) in [5, 5.41) is 130. The van der Waals surface area contributed by atoms with Gasteiger partial charge in [0.05, 0.1) is 31.5 Å². The Morgan fingerprint density at radius 2 is 0.895 bits per heavy atom. The fraction of sp³-hybridized carbons (Fsp3) is 0.970. The SMILES string of the molecule is CO[C@@H]1O[C@@H](C)[C@H](O)[C@@H](O)[C@H]1O[C@@H]1O[C@@H](C)[C@H](O)[C@@H](O)[C@H]1O[C@@H]1O[C@H](CO)[C@@H](O)[C@H](O[C@@H]2O[C@@H](C)[C@H](O[C@H]3O[C@H](CO)[C@@H](O)[C@H](O)[C@H]3O)[C@@H](O)[C@H]2O)[C@H]1NC(C)=O. The van der Waals surface area contributed by atoms with Crippen molar-refractivity contribution < 1.29 is 113 Å². The van der Waals surface area contributed by atoms with Gasteiger partial charge in [0, 0.05) is 14.0 Å². The molecule has 24 heteroatoms. The summed E-state index contributed by atoms with van der Waals surface area (Å²) >= 11 is 0. The quantitative estimate of drug-likeness (QED) is 0.0868. The number of ether oxygens (including phenoxy) is 10. The maximum Gasteiger partial charge on any atom is 0.217 e. The summed E-state index contributed by atoms with van der Waals surface area (Å²) in [4.78, 5) is 12.6. The molecule has 332 valence electrons. The third kappa shape index (κ3) is 9.73. The summed E-state index contributed by atoms with van der Waals surface area (Å²) in [7, 11) is 1.25. The molecule has 0 aromatic rings. The van der Waals surface area contributed by atoms with Gasteiger partial charge in [0.25, 0.3) is 0 Å². The predicted octanol–water partition coefficient (Wildman–Crippen LogP) is -8.04. The van der Waals surface area contributed by atoms with Crippen LogP contribution < -0.4 is 5.32 Å². The zero-order chi connectivity index (χ0) is 42.2. The molecule has 0 unspecified atom stereocenters. The first-order chi connectivity index (χ1) is 26.8. The second-order valence-corrected chi connectivity index (χ2v) is 14.9. The fourth-order valence-corrected chi connectivity index (χ4v) is 7.43. The zero-order valence-corrected chi connectivity index (χ0v) is 31.7. The minimum absolute atomic E-state index is 0.734. The van der Waals surface area contributed by atoms with Crippen molar-refractivity contribution in [1.82, 2.24) is 5.32 Å². The van der Waals surface area contributed by atoms with E-state index in [9.17, 15) is 66.1 Å². The van der Waals surface area contributed by atoms with Gasteiger partial charge < -0.3 is 114 Å². The molecule has 5 aliphatic heterocycles. The maximum absolute atomic E-state index is 12.6. The molecule has 5 saturated heterocycles. The van der Waals surface area contributed by atoms with Gasteiger partial charge in [-0.25, -0.2) is 0 Å². The van der Waals surface area contributed by atoms with E-state index >= 15 is 0 Å². The third-order valence-corrected chi connectivity index (χ3v) is 10.8. The number of carbonyl (C=O) groups is 1. The molecule has 13 N–H and O–H groups in total. The normalized spacial score (nSPS) is 52.3. The van der Waals surface area contributed by atoms with E-state index in [-0.39, 0.29) is 0 Å². The summed E-state index contributed by atoms with van der Waals surface area (Å²) in [6.07, 6.45) is -38.1. The van der Waals surface area contributed by atoms with E-state index < -0.39 is 173 Å². The summed E-state index contributed by atoms with van der Waals surface area (Å²) in [5.41, 5.74) is 0. The van der Waals surface area contributed by atoms with E-state index in [2.05, 4.69) is 5.32 Å². The first-order valence-corrected chi connectivity index (χ1v) is 18.6. The molecule has 0 spiro atoms. The van der Waals surface area contributed by atoms with E-state index in [4.69, 9.17) is 47.4 Å². The molecule has 0 aromatic carbocycles. The molecule has 1 amide bonds. The Labute approximate surface area is 326 Å². The van der Waals surface area contributed by atoms with Crippen LogP contribution in [0.3, 0.4) is 0 Å². The lowest BCUT2D eigenvalue weighted by Gasteiger charge is -2.50. The molecule has 5 fully saturated rings. The van der Waals surface area contributed by atoms with Crippen LogP contribution in [0.2, 0.25) is 0 Å². The van der Waals surface area contributed by atoms with Crippen molar-refractivity contribution >= 4 is 5.91 Å². The summed E-state index contributed by atoms with van der Waals surface area (Å²) in [5.74, 6) is -0.734. The zero-order valence-electron chi connectivity index (χ0n) is 31.7. The molecule has 0 radical (unpaired) electrons. The Morgan fingerprint density at radius 1 is 0.474 bits per heavy atom. The number of hydrogen-bond donors (Lipinski definition) is 13. The van der Waals surface area contributed by atoms with Gasteiger partial charge in [-0.3, -0.25) is 4.79 Å². The smallest absolute Gasteiger partial charge is 0.217 e. The van der Waals surface area contributed by atoms with E-state index in [0.29, 0.717) is 0 Å². The molecule has 0 bridgehead atoms. The second-order valence-electron chi connectivity index (χ2n) is 14.9. The number of aliphatic hydroxyl groups is 12. The van der Waals surface area contributed by atoms with Crippen molar-refractivity contribution in [2.45, 2.75) is 181 Å². The lowest BCUT2D eigenvalue weighted by molar-refractivity contribution is -0.390. The van der Waals surface area contributed by atoms with E-state index in [0.717, 1.165) is 6.92 Å². The summed E-state index contributed by atoms with van der Waals surface area (Å²) in [6, 6.07) is -1.58. The number of carbonyl (C=O) groups excluding carboxylic acids is 1. The summed E-state index contributed by atoms with van der Waals surface area (Å²) in [6.45, 7) is 3.71. The van der Waals surface area contributed by atoms with E-state index in [1.807, 2.05) is 0 Å². The highest BCUT2D eigenvalue weighted by Crippen LogP contribution is 2.36. The molecule has 25 atom stereocenters. The van der Waals surface area contributed by atoms with Crippen LogP contribution in [-0.4, -0.2) is 241 Å². The number of amides is 1. The number of hydrogen-bond acceptors (Lipinski definition) is 23. The van der Waals surface area contributed by atoms with Gasteiger partial charge >= 0.3 is 0 Å². The van der Waals surface area contributed by atoms with Crippen molar-refractivity contribution in [2.75, 3.05) is 20.3 Å². The first-order valence-electron chi connectivity index (χ1n) is 18.6. The van der Waals surface area contributed by atoms with Crippen molar-refractivity contribution in [2.24, 2.45) is 0 Å². The molecular formula is C33H57NO23. The fourth-order valence-electron chi connectivity index (χ4n) is 7.43. The average molecular weight is 836 g/mol. The molecule has 57 heavy (non-hydrogen) atoms. The standard InChI is InChI=1S/C33H57NO23/c1-8-15(38)20(43)27(32(48-5)49-8)57-33-28(21(44)16(39)9(2)50-33)56-29-14(34-11(4)37)26(18(41)13(7-36)52-29)55-30-24(47)22(45)25(10(3)51-30)54-31-23(46)19(42)17(40)12(6-35)53-31/h8-10,12-33,35-36,38-47H,6-7H2,1-5H3,(H,34,37)/t8-,9-,10-,12+,13+,14+,15-,16-,17+,18+,19-,20+,21+,22-,23+,24+,25-,26+,27+,28+,29-,30-,31+,32+,33-/m0/s1. The van der Waals surface area contributed by atoms with Gasteiger partial charge in [-0.1, -0.05) is 0 Å². The van der Waals surface area contributed by atoms with Gasteiger partial charge in [0.1, 0.15) is 104 Å². The van der Waals surface area contributed by atoms with Gasteiger partial charge in [-0.05, 0) is 20.8 Å². The van der Waals surface area contributed by atoms with Crippen LogP contribution in [0.1, 0.15) is 27.7 Å². The topological polar surface area (TPSA) is 364 Å². The lowest BCUT2D eigenvalue weighted by Crippen LogP contribution is -2.70. The van der Waals surface area contributed by atoms with Crippen LogP contribution in [0.5, 0.6) is 0 Å². The molecular weight excluding hydrogens is 778 g/mol. The molecule has 5 rings (SSSR count). The van der Waals surface area contributed by atoms with Crippen LogP contribution in [0.4, 0.5) is 0 Å². The molecule has 5 aliphatic rings. The molecule has 0 aromatic heterocycles. The monoisotopic (exact) mass is 835 g/mol. The Morgan fingerprint density at radius 3 is 1.46 bits per heavy atom. The van der Waals surface area contributed by atoms with Crippen molar-refractivity contribution in [1.29, 1.82) is 0 Å². The Kier molecular flexibility index (Phi) is 16.0. The Hall–Kier alpha value is -1.41. The number of rotatable bonds is 12. The molecule has 24 nitrogen and oxygen atoms in total. The van der Waals surface area contributed by atoms with Gasteiger partial charge in [-0.15, -0.1) is 0 Å². The Bertz CT molecular complexity index is 1290. The van der Waals surface area contributed by atoms with Crippen LogP contribution in [-0.2, 0) is 52.2 Å². The van der Waals surface area contributed by atoms with Crippen LogP contribution in [0.25, 0.3) is 0 Å². The minimum atomic E-state index is -1.99. The largest absolute Gasteiger partial charge is 0.394 e. The molecule has 0 saturated carbocycles. The number of methoxy groups -OCH3 is 1. The maximum atomic E-state index is 12.6. The van der Waals surface area contributed by atoms with Crippen molar-refractivity contribution in [3.8, 4) is 0 Å². The van der Waals surface area contributed by atoms with E-state index in [1.54, 1.807) is 0 Å². The van der Waals surface area contributed by atoms with Crippen LogP contribution in [0.15, 0.2) is 0 Å². The van der Waals surface area contributed by atoms with Crippen LogP contribution in [0, 0.1) is 0 Å². The average Bonchev–Trinajstić information content (AvgIpc) is 3.17. The predicted molar refractivity (Wildman–Crippen MR) is 179 cm³/mol. The van der Waals surface area contributed by atoms with Gasteiger partial charge in [0.15, 0.2) is 31.5 Å². The first kappa shape index (κ1) is 46.7. The van der Waals surface area contributed by atoms with Crippen molar-refractivity contribution in [3.05, 3.63) is 0 Å².